The number of carbonyl (C=O) groups excluding carboxylic acids is 1. The van der Waals surface area contributed by atoms with Crippen molar-refractivity contribution < 1.29 is 9.18 Å². The molecule has 0 fully saturated rings. The van der Waals surface area contributed by atoms with Gasteiger partial charge in [-0.1, -0.05) is 19.1 Å². The van der Waals surface area contributed by atoms with Crippen LogP contribution in [0.2, 0.25) is 0 Å². The highest BCUT2D eigenvalue weighted by Crippen LogP contribution is 2.03. The minimum Gasteiger partial charge on any atom is -0.368 e. The first-order valence-corrected chi connectivity index (χ1v) is 5.40. The molecule has 1 atom stereocenters. The Kier molecular flexibility index (Phi) is 4.92. The highest BCUT2D eigenvalue weighted by Gasteiger charge is 2.10. The molecule has 1 unspecified atom stereocenters. The maximum Gasteiger partial charge on any atom is 0.234 e. The topological polar surface area (TPSA) is 55.1 Å². The Morgan fingerprint density at radius 1 is 1.44 bits per heavy atom. The van der Waals surface area contributed by atoms with Gasteiger partial charge in [0, 0.05) is 0 Å². The molecule has 0 aromatic heterocycles. The van der Waals surface area contributed by atoms with Gasteiger partial charge in [0.25, 0.3) is 0 Å². The van der Waals surface area contributed by atoms with Gasteiger partial charge in [0.1, 0.15) is 5.82 Å². The molecule has 3 N–H and O–H groups in total. The van der Waals surface area contributed by atoms with Crippen LogP contribution in [0.1, 0.15) is 18.9 Å². The molecule has 0 aliphatic heterocycles. The van der Waals surface area contributed by atoms with E-state index in [4.69, 9.17) is 5.73 Å². The number of hydrogen-bond donors (Lipinski definition) is 2. The number of nitrogens with one attached hydrogen (secondary N) is 1. The Balaban J connectivity index is 2.35. The van der Waals surface area contributed by atoms with Crippen LogP contribution in [0.3, 0.4) is 0 Å². The minimum atomic E-state index is -0.332. The first-order chi connectivity index (χ1) is 7.63. The van der Waals surface area contributed by atoms with Crippen LogP contribution in [0.4, 0.5) is 4.39 Å². The molecular formula is C12H17FN2O. The Labute approximate surface area is 94.8 Å². The van der Waals surface area contributed by atoms with E-state index in [1.165, 1.54) is 12.1 Å². The van der Waals surface area contributed by atoms with E-state index in [0.717, 1.165) is 12.0 Å². The van der Waals surface area contributed by atoms with Crippen LogP contribution in [-0.4, -0.2) is 18.5 Å². The average molecular weight is 224 g/mol. The molecule has 1 amide bonds. The summed E-state index contributed by atoms with van der Waals surface area (Å²) in [7, 11) is 0. The lowest BCUT2D eigenvalue weighted by molar-refractivity contribution is -0.120. The van der Waals surface area contributed by atoms with E-state index in [1.807, 2.05) is 6.92 Å². The lowest BCUT2D eigenvalue weighted by Gasteiger charge is -2.12. The molecule has 1 aromatic carbocycles. The quantitative estimate of drug-likeness (QED) is 0.763. The van der Waals surface area contributed by atoms with Crippen LogP contribution < -0.4 is 11.1 Å². The number of hydrogen-bond acceptors (Lipinski definition) is 2. The molecule has 0 spiro atoms. The van der Waals surface area contributed by atoms with Gasteiger partial charge in [0.05, 0.1) is 6.04 Å². The number of rotatable bonds is 6. The summed E-state index contributed by atoms with van der Waals surface area (Å²) >= 11 is 0. The summed E-state index contributed by atoms with van der Waals surface area (Å²) in [4.78, 5) is 10.9. The van der Waals surface area contributed by atoms with Crippen molar-refractivity contribution in [2.45, 2.75) is 25.8 Å². The van der Waals surface area contributed by atoms with E-state index in [9.17, 15) is 9.18 Å². The number of benzene rings is 1. The van der Waals surface area contributed by atoms with Gasteiger partial charge in [-0.05, 0) is 37.1 Å². The fourth-order valence-corrected chi connectivity index (χ4v) is 1.49. The van der Waals surface area contributed by atoms with Crippen molar-refractivity contribution in [1.82, 2.24) is 5.32 Å². The van der Waals surface area contributed by atoms with E-state index in [0.29, 0.717) is 13.0 Å². The van der Waals surface area contributed by atoms with Crippen molar-refractivity contribution in [2.24, 2.45) is 5.73 Å². The molecule has 88 valence electrons. The smallest absolute Gasteiger partial charge is 0.234 e. The third-order valence-corrected chi connectivity index (χ3v) is 2.47. The highest BCUT2D eigenvalue weighted by molar-refractivity contribution is 5.79. The molecule has 4 heteroatoms. The summed E-state index contributed by atoms with van der Waals surface area (Å²) < 4.78 is 12.6. The van der Waals surface area contributed by atoms with Gasteiger partial charge in [-0.25, -0.2) is 4.39 Å². The maximum absolute atomic E-state index is 12.6. The van der Waals surface area contributed by atoms with E-state index >= 15 is 0 Å². The van der Waals surface area contributed by atoms with E-state index in [-0.39, 0.29) is 17.8 Å². The standard InChI is InChI=1S/C12H17FN2O/c1-2-11(12(14)16)15-8-7-9-3-5-10(13)6-4-9/h3-6,11,15H,2,7-8H2,1H3,(H2,14,16). The molecule has 1 aromatic rings. The van der Waals surface area contributed by atoms with Gasteiger partial charge < -0.3 is 11.1 Å². The van der Waals surface area contributed by atoms with Crippen LogP contribution in [0.25, 0.3) is 0 Å². The molecule has 0 aliphatic rings. The number of amides is 1. The second kappa shape index (κ2) is 6.23. The number of carbonyl (C=O) groups is 1. The van der Waals surface area contributed by atoms with Crippen molar-refractivity contribution in [3.8, 4) is 0 Å². The van der Waals surface area contributed by atoms with E-state index in [1.54, 1.807) is 12.1 Å². The van der Waals surface area contributed by atoms with E-state index < -0.39 is 0 Å². The molecule has 0 heterocycles. The minimum absolute atomic E-state index is 0.236. The predicted molar refractivity (Wildman–Crippen MR) is 61.4 cm³/mol. The van der Waals surface area contributed by atoms with Gasteiger partial charge in [-0.15, -0.1) is 0 Å². The summed E-state index contributed by atoms with van der Waals surface area (Å²) in [5.74, 6) is -0.568. The van der Waals surface area contributed by atoms with Gasteiger partial charge in [0.2, 0.25) is 5.91 Å². The first kappa shape index (κ1) is 12.6. The third-order valence-electron chi connectivity index (χ3n) is 2.47. The fourth-order valence-electron chi connectivity index (χ4n) is 1.49. The summed E-state index contributed by atoms with van der Waals surface area (Å²) in [5, 5.41) is 3.06. The van der Waals surface area contributed by atoms with Crippen LogP contribution in [0.5, 0.6) is 0 Å². The van der Waals surface area contributed by atoms with E-state index in [2.05, 4.69) is 5.32 Å². The summed E-state index contributed by atoms with van der Waals surface area (Å²) in [6.45, 7) is 2.56. The molecule has 1 rings (SSSR count). The highest BCUT2D eigenvalue weighted by atomic mass is 19.1. The van der Waals surface area contributed by atoms with Crippen molar-refractivity contribution in [3.63, 3.8) is 0 Å². The zero-order valence-corrected chi connectivity index (χ0v) is 9.37. The SMILES string of the molecule is CCC(NCCc1ccc(F)cc1)C(N)=O. The van der Waals surface area contributed by atoms with Gasteiger partial charge in [0.15, 0.2) is 0 Å². The summed E-state index contributed by atoms with van der Waals surface area (Å²) in [5.41, 5.74) is 6.23. The number of primary amides is 1. The zero-order chi connectivity index (χ0) is 12.0. The van der Waals surface area contributed by atoms with Crippen molar-refractivity contribution in [2.75, 3.05) is 6.54 Å². The molecule has 16 heavy (non-hydrogen) atoms. The van der Waals surface area contributed by atoms with Crippen molar-refractivity contribution in [3.05, 3.63) is 35.6 Å². The molecule has 3 nitrogen and oxygen atoms in total. The number of halogens is 1. The van der Waals surface area contributed by atoms with Crippen LogP contribution >= 0.6 is 0 Å². The summed E-state index contributed by atoms with van der Waals surface area (Å²) in [6, 6.07) is 6.06. The van der Waals surface area contributed by atoms with Crippen LogP contribution in [0.15, 0.2) is 24.3 Å². The largest absolute Gasteiger partial charge is 0.368 e. The zero-order valence-electron chi connectivity index (χ0n) is 9.37. The molecule has 0 saturated heterocycles. The second-order valence-electron chi connectivity index (χ2n) is 3.69. The lowest BCUT2D eigenvalue weighted by atomic mass is 10.1. The van der Waals surface area contributed by atoms with Crippen molar-refractivity contribution >= 4 is 5.91 Å². The van der Waals surface area contributed by atoms with Gasteiger partial charge in [-0.3, -0.25) is 4.79 Å². The Morgan fingerprint density at radius 2 is 2.06 bits per heavy atom. The molecular weight excluding hydrogens is 207 g/mol. The Hall–Kier alpha value is -1.42. The molecule has 0 bridgehead atoms. The number of nitrogens with two attached hydrogens (primary N) is 1. The Morgan fingerprint density at radius 3 is 2.56 bits per heavy atom. The Bertz CT molecular complexity index is 337. The lowest BCUT2D eigenvalue weighted by Crippen LogP contribution is -2.41. The van der Waals surface area contributed by atoms with Gasteiger partial charge >= 0.3 is 0 Å². The fraction of sp³-hybridized carbons (Fsp3) is 0.417. The predicted octanol–water partition coefficient (Wildman–Crippen LogP) is 1.22. The van der Waals surface area contributed by atoms with Crippen LogP contribution in [-0.2, 0) is 11.2 Å². The monoisotopic (exact) mass is 224 g/mol. The second-order valence-corrected chi connectivity index (χ2v) is 3.69. The van der Waals surface area contributed by atoms with Crippen molar-refractivity contribution in [1.29, 1.82) is 0 Å². The first-order valence-electron chi connectivity index (χ1n) is 5.40. The normalized spacial score (nSPS) is 12.4. The maximum atomic E-state index is 12.6. The molecule has 0 radical (unpaired) electrons. The van der Waals surface area contributed by atoms with Gasteiger partial charge in [-0.2, -0.15) is 0 Å². The average Bonchev–Trinajstić information content (AvgIpc) is 2.26. The third kappa shape index (κ3) is 3.98. The summed E-state index contributed by atoms with van der Waals surface area (Å²) in [6.07, 6.45) is 1.43. The molecule has 0 saturated carbocycles. The van der Waals surface area contributed by atoms with Crippen LogP contribution in [0, 0.1) is 5.82 Å². The molecule has 0 aliphatic carbocycles.